The van der Waals surface area contributed by atoms with Crippen LogP contribution >= 0.6 is 24.4 Å². The molecular formula is C5H8ClNO2S. The summed E-state index contributed by atoms with van der Waals surface area (Å²) in [6.07, 6.45) is 0.683. The van der Waals surface area contributed by atoms with E-state index < -0.39 is 6.04 Å². The normalized spacial score (nSPS) is 26.1. The predicted molar refractivity (Wildman–Crippen MR) is 42.3 cm³/mol. The van der Waals surface area contributed by atoms with E-state index in [4.69, 9.17) is 0 Å². The van der Waals surface area contributed by atoms with Crippen LogP contribution in [0.2, 0.25) is 0 Å². The Kier molecular flexibility index (Phi) is 3.93. The van der Waals surface area contributed by atoms with Crippen LogP contribution in [0.5, 0.6) is 0 Å². The minimum atomic E-state index is -0.491. The highest BCUT2D eigenvalue weighted by molar-refractivity contribution is 7.98. The van der Waals surface area contributed by atoms with E-state index in [0.717, 1.165) is 0 Å². The zero-order chi connectivity index (χ0) is 6.85. The molecule has 1 atom stereocenters. The van der Waals surface area contributed by atoms with Crippen LogP contribution < -0.4 is 0 Å². The van der Waals surface area contributed by atoms with E-state index in [2.05, 4.69) is 0 Å². The summed E-state index contributed by atoms with van der Waals surface area (Å²) >= 11 is 1.39. The fourth-order valence-corrected chi connectivity index (χ4v) is 1.52. The Morgan fingerprint density at radius 2 is 2.40 bits per heavy atom. The summed E-state index contributed by atoms with van der Waals surface area (Å²) in [5, 5.41) is 0. The maximum absolute atomic E-state index is 10.7. The first kappa shape index (κ1) is 9.94. The number of Topliss-reactive ketones (excluding diaryl/α,β-unsaturated/α-hetero) is 1. The molecule has 1 aliphatic heterocycles. The number of rotatable bonds is 1. The van der Waals surface area contributed by atoms with Gasteiger partial charge in [0.2, 0.25) is 0 Å². The molecule has 1 aliphatic rings. The topological polar surface area (TPSA) is 37.4 Å². The summed E-state index contributed by atoms with van der Waals surface area (Å²) in [5.41, 5.74) is 0. The Balaban J connectivity index is 0.000000810. The van der Waals surface area contributed by atoms with Gasteiger partial charge in [-0.1, -0.05) is 11.9 Å². The van der Waals surface area contributed by atoms with Gasteiger partial charge in [-0.15, -0.1) is 12.4 Å². The number of carbonyl (C=O) groups excluding carboxylic acids is 2. The second kappa shape index (κ2) is 3.95. The molecule has 0 bridgehead atoms. The average molecular weight is 182 g/mol. The van der Waals surface area contributed by atoms with Crippen molar-refractivity contribution in [2.45, 2.75) is 6.04 Å². The first-order chi connectivity index (χ1) is 4.25. The molecule has 58 valence electrons. The lowest BCUT2D eigenvalue weighted by atomic mass is 10.2. The Morgan fingerprint density at radius 3 is 2.60 bits per heavy atom. The van der Waals surface area contributed by atoms with Crippen LogP contribution in [-0.4, -0.2) is 35.2 Å². The monoisotopic (exact) mass is 181 g/mol. The van der Waals surface area contributed by atoms with Crippen LogP contribution in [0.15, 0.2) is 0 Å². The van der Waals surface area contributed by atoms with Gasteiger partial charge >= 0.3 is 0 Å². The van der Waals surface area contributed by atoms with Crippen molar-refractivity contribution in [1.29, 1.82) is 0 Å². The molecule has 1 heterocycles. The van der Waals surface area contributed by atoms with E-state index in [-0.39, 0.29) is 18.2 Å². The second-order valence-electron chi connectivity index (χ2n) is 1.87. The standard InChI is InChI=1S/C5H7NO2S.ClH/c1-6-4(2-7)5(8)3-9-6;/h2,4H,3H2,1H3;1H. The summed E-state index contributed by atoms with van der Waals surface area (Å²) in [5.74, 6) is 0.456. The summed E-state index contributed by atoms with van der Waals surface area (Å²) in [7, 11) is 1.74. The van der Waals surface area contributed by atoms with Gasteiger partial charge in [0.25, 0.3) is 0 Å². The molecule has 0 N–H and O–H groups in total. The smallest absolute Gasteiger partial charge is 0.169 e. The molecule has 1 rings (SSSR count). The van der Waals surface area contributed by atoms with Crippen molar-refractivity contribution in [3.05, 3.63) is 0 Å². The zero-order valence-electron chi connectivity index (χ0n) is 5.44. The lowest BCUT2D eigenvalue weighted by molar-refractivity contribution is -0.123. The molecule has 1 saturated heterocycles. The summed E-state index contributed by atoms with van der Waals surface area (Å²) in [6, 6.07) is -0.491. The molecule has 0 saturated carbocycles. The Bertz CT molecular complexity index is 153. The minimum Gasteiger partial charge on any atom is -0.301 e. The maximum atomic E-state index is 10.7. The van der Waals surface area contributed by atoms with E-state index in [1.807, 2.05) is 0 Å². The van der Waals surface area contributed by atoms with Crippen molar-refractivity contribution < 1.29 is 9.59 Å². The molecule has 1 unspecified atom stereocenters. The lowest BCUT2D eigenvalue weighted by Gasteiger charge is -2.07. The highest BCUT2D eigenvalue weighted by Gasteiger charge is 2.29. The molecule has 0 amide bonds. The van der Waals surface area contributed by atoms with E-state index >= 15 is 0 Å². The molecule has 0 spiro atoms. The van der Waals surface area contributed by atoms with Crippen LogP contribution in [0.25, 0.3) is 0 Å². The Morgan fingerprint density at radius 1 is 1.80 bits per heavy atom. The minimum absolute atomic E-state index is 0. The highest BCUT2D eigenvalue weighted by atomic mass is 35.5. The molecule has 5 heteroatoms. The lowest BCUT2D eigenvalue weighted by Crippen LogP contribution is -2.28. The number of halogens is 1. The van der Waals surface area contributed by atoms with Gasteiger partial charge in [0.15, 0.2) is 5.78 Å². The summed E-state index contributed by atoms with van der Waals surface area (Å²) in [6.45, 7) is 0. The van der Waals surface area contributed by atoms with E-state index in [9.17, 15) is 9.59 Å². The SMILES string of the molecule is CN1SCC(=O)C1C=O.Cl. The second-order valence-corrected chi connectivity index (χ2v) is 2.99. The summed E-state index contributed by atoms with van der Waals surface area (Å²) in [4.78, 5) is 20.9. The first-order valence-corrected chi connectivity index (χ1v) is 3.53. The van der Waals surface area contributed by atoms with Crippen molar-refractivity contribution in [2.24, 2.45) is 0 Å². The van der Waals surface area contributed by atoms with Crippen LogP contribution in [0.4, 0.5) is 0 Å². The molecular weight excluding hydrogens is 174 g/mol. The number of hydrogen-bond donors (Lipinski definition) is 0. The van der Waals surface area contributed by atoms with E-state index in [1.54, 1.807) is 11.4 Å². The van der Waals surface area contributed by atoms with Gasteiger partial charge in [-0.05, 0) is 7.05 Å². The third-order valence-electron chi connectivity index (χ3n) is 1.26. The van der Waals surface area contributed by atoms with Crippen molar-refractivity contribution >= 4 is 36.4 Å². The van der Waals surface area contributed by atoms with E-state index in [1.165, 1.54) is 11.9 Å². The quantitative estimate of drug-likeness (QED) is 0.328. The fourth-order valence-electron chi connectivity index (χ4n) is 0.695. The number of likely N-dealkylation sites (N-methyl/N-ethyl adjacent to an activating group) is 1. The van der Waals surface area contributed by atoms with Crippen molar-refractivity contribution in [1.82, 2.24) is 4.31 Å². The molecule has 1 fully saturated rings. The fraction of sp³-hybridized carbons (Fsp3) is 0.600. The molecule has 3 nitrogen and oxygen atoms in total. The third kappa shape index (κ3) is 1.71. The number of aldehydes is 1. The van der Waals surface area contributed by atoms with Crippen LogP contribution in [-0.2, 0) is 9.59 Å². The highest BCUT2D eigenvalue weighted by Crippen LogP contribution is 2.19. The van der Waals surface area contributed by atoms with E-state index in [0.29, 0.717) is 12.0 Å². The molecule has 0 radical (unpaired) electrons. The molecule has 0 aromatic rings. The number of nitrogens with zero attached hydrogens (tertiary/aromatic N) is 1. The van der Waals surface area contributed by atoms with Gasteiger partial charge in [0, 0.05) is 0 Å². The average Bonchev–Trinajstić information content (AvgIpc) is 2.12. The van der Waals surface area contributed by atoms with Gasteiger partial charge in [0.05, 0.1) is 5.75 Å². The number of hydrogen-bond acceptors (Lipinski definition) is 4. The zero-order valence-corrected chi connectivity index (χ0v) is 7.08. The number of ketones is 1. The largest absolute Gasteiger partial charge is 0.301 e. The predicted octanol–water partition coefficient (Wildman–Crippen LogP) is 0.138. The van der Waals surface area contributed by atoms with Crippen LogP contribution in [0, 0.1) is 0 Å². The van der Waals surface area contributed by atoms with Gasteiger partial charge < -0.3 is 4.79 Å². The first-order valence-electron chi connectivity index (χ1n) is 2.59. The van der Waals surface area contributed by atoms with Gasteiger partial charge in [-0.2, -0.15) is 0 Å². The van der Waals surface area contributed by atoms with Crippen LogP contribution in [0.3, 0.4) is 0 Å². The molecule has 0 aromatic heterocycles. The Labute approximate surface area is 69.7 Å². The summed E-state index contributed by atoms with van der Waals surface area (Å²) < 4.78 is 1.68. The van der Waals surface area contributed by atoms with Crippen molar-refractivity contribution in [2.75, 3.05) is 12.8 Å². The third-order valence-corrected chi connectivity index (χ3v) is 2.31. The van der Waals surface area contributed by atoms with Gasteiger partial charge in [0.1, 0.15) is 12.3 Å². The molecule has 0 aromatic carbocycles. The molecule has 10 heavy (non-hydrogen) atoms. The number of carbonyl (C=O) groups is 2. The Hall–Kier alpha value is -0.0600. The maximum Gasteiger partial charge on any atom is 0.169 e. The van der Waals surface area contributed by atoms with Crippen molar-refractivity contribution in [3.63, 3.8) is 0 Å². The van der Waals surface area contributed by atoms with Crippen LogP contribution in [0.1, 0.15) is 0 Å². The van der Waals surface area contributed by atoms with Gasteiger partial charge in [-0.3, -0.25) is 4.79 Å². The van der Waals surface area contributed by atoms with Crippen molar-refractivity contribution in [3.8, 4) is 0 Å². The van der Waals surface area contributed by atoms with Gasteiger partial charge in [-0.25, -0.2) is 4.31 Å². The molecule has 0 aliphatic carbocycles.